The van der Waals surface area contributed by atoms with Crippen LogP contribution in [0.2, 0.25) is 0 Å². The molecule has 0 saturated heterocycles. The minimum absolute atomic E-state index is 0.185. The summed E-state index contributed by atoms with van der Waals surface area (Å²) in [6.45, 7) is 0. The molecule has 1 aliphatic carbocycles. The first-order valence-corrected chi connectivity index (χ1v) is 9.05. The van der Waals surface area contributed by atoms with E-state index in [9.17, 15) is 9.59 Å². The Hall–Kier alpha value is -2.88. The van der Waals surface area contributed by atoms with Gasteiger partial charge in [0.05, 0.1) is 5.56 Å². The summed E-state index contributed by atoms with van der Waals surface area (Å²) in [5.74, 6) is 0.333. The molecule has 0 radical (unpaired) electrons. The van der Waals surface area contributed by atoms with Gasteiger partial charge in [-0.2, -0.15) is 0 Å². The monoisotopic (exact) mass is 347 g/mol. The second kappa shape index (κ2) is 6.79. The summed E-state index contributed by atoms with van der Waals surface area (Å²) in [6.07, 6.45) is 5.92. The summed E-state index contributed by atoms with van der Waals surface area (Å²) in [5, 5.41) is 0. The minimum atomic E-state index is -0.443. The van der Waals surface area contributed by atoms with E-state index in [1.165, 1.54) is 5.56 Å². The van der Waals surface area contributed by atoms with Crippen LogP contribution in [0.3, 0.4) is 0 Å². The number of Topliss-reactive ketones (excluding diaryl/α,β-unsaturated/α-hetero) is 1. The Balaban J connectivity index is 1.46. The molecule has 0 amide bonds. The molecule has 2 N–H and O–H groups in total. The van der Waals surface area contributed by atoms with Gasteiger partial charge in [-0.25, -0.2) is 4.79 Å². The molecule has 0 bridgehead atoms. The van der Waals surface area contributed by atoms with Crippen molar-refractivity contribution < 1.29 is 14.3 Å². The van der Waals surface area contributed by atoms with Gasteiger partial charge in [0.25, 0.3) is 0 Å². The fraction of sp³-hybridized carbons (Fsp3) is 0.273. The number of ketones is 1. The molecule has 1 heterocycles. The van der Waals surface area contributed by atoms with E-state index in [1.807, 2.05) is 18.2 Å². The summed E-state index contributed by atoms with van der Waals surface area (Å²) in [6, 6.07) is 14.9. The van der Waals surface area contributed by atoms with Crippen molar-refractivity contribution >= 4 is 17.4 Å². The Kier molecular flexibility index (Phi) is 4.33. The smallest absolute Gasteiger partial charge is 0.344 e. The lowest BCUT2D eigenvalue weighted by molar-refractivity contribution is 0.0559. The zero-order valence-electron chi connectivity index (χ0n) is 14.5. The van der Waals surface area contributed by atoms with Crippen molar-refractivity contribution in [1.82, 2.24) is 0 Å². The van der Waals surface area contributed by atoms with Gasteiger partial charge in [0, 0.05) is 11.3 Å². The van der Waals surface area contributed by atoms with Crippen LogP contribution in [0.4, 0.5) is 5.69 Å². The molecule has 2 aromatic carbocycles. The summed E-state index contributed by atoms with van der Waals surface area (Å²) in [7, 11) is 0. The minimum Gasteiger partial charge on any atom is -0.419 e. The predicted octanol–water partition coefficient (Wildman–Crippen LogP) is 4.48. The number of anilines is 1. The average molecular weight is 347 g/mol. The van der Waals surface area contributed by atoms with Crippen LogP contribution in [0.25, 0.3) is 0 Å². The third kappa shape index (κ3) is 3.15. The fourth-order valence-electron chi connectivity index (χ4n) is 3.90. The topological polar surface area (TPSA) is 69.4 Å². The van der Waals surface area contributed by atoms with Crippen molar-refractivity contribution in [2.45, 2.75) is 31.6 Å². The van der Waals surface area contributed by atoms with Gasteiger partial charge in [-0.05, 0) is 67.4 Å². The Morgan fingerprint density at radius 1 is 0.885 bits per heavy atom. The summed E-state index contributed by atoms with van der Waals surface area (Å²) < 4.78 is 5.31. The molecular formula is C22H21NO3. The zero-order valence-corrected chi connectivity index (χ0v) is 14.5. The Morgan fingerprint density at radius 2 is 1.54 bits per heavy atom. The average Bonchev–Trinajstić information content (AvgIpc) is 2.67. The van der Waals surface area contributed by atoms with Crippen LogP contribution in [0.15, 0.2) is 60.4 Å². The predicted molar refractivity (Wildman–Crippen MR) is 99.8 cm³/mol. The van der Waals surface area contributed by atoms with Crippen LogP contribution < -0.4 is 5.73 Å². The van der Waals surface area contributed by atoms with E-state index in [-0.39, 0.29) is 17.5 Å². The van der Waals surface area contributed by atoms with Crippen molar-refractivity contribution in [1.29, 1.82) is 0 Å². The number of fused-ring (bicyclic) bond motifs is 1. The van der Waals surface area contributed by atoms with E-state index in [0.29, 0.717) is 17.0 Å². The number of nitrogens with two attached hydrogens (primary N) is 1. The molecule has 2 aromatic rings. The van der Waals surface area contributed by atoms with Crippen molar-refractivity contribution in [2.24, 2.45) is 5.92 Å². The van der Waals surface area contributed by atoms with E-state index in [2.05, 4.69) is 12.1 Å². The van der Waals surface area contributed by atoms with Crippen LogP contribution >= 0.6 is 0 Å². The number of hydrogen-bond acceptors (Lipinski definition) is 4. The van der Waals surface area contributed by atoms with E-state index in [0.717, 1.165) is 31.4 Å². The normalized spacial score (nSPS) is 24.2. The maximum absolute atomic E-state index is 12.6. The van der Waals surface area contributed by atoms with Crippen LogP contribution in [-0.2, 0) is 4.74 Å². The molecule has 0 unspecified atom stereocenters. The van der Waals surface area contributed by atoms with Gasteiger partial charge < -0.3 is 10.5 Å². The lowest BCUT2D eigenvalue weighted by atomic mass is 9.78. The Bertz CT molecular complexity index is 875. The summed E-state index contributed by atoms with van der Waals surface area (Å²) in [5.41, 5.74) is 8.65. The highest BCUT2D eigenvalue weighted by atomic mass is 16.5. The van der Waals surface area contributed by atoms with Gasteiger partial charge in [0.2, 0.25) is 5.78 Å². The quantitative estimate of drug-likeness (QED) is 0.494. The largest absolute Gasteiger partial charge is 0.419 e. The summed E-state index contributed by atoms with van der Waals surface area (Å²) >= 11 is 0. The number of hydrogen-bond donors (Lipinski definition) is 1. The highest BCUT2D eigenvalue weighted by Crippen LogP contribution is 2.37. The number of carbonyl (C=O) groups is 2. The molecule has 0 spiro atoms. The molecule has 0 aromatic heterocycles. The van der Waals surface area contributed by atoms with E-state index < -0.39 is 5.97 Å². The Morgan fingerprint density at radius 3 is 2.23 bits per heavy atom. The second-order valence-corrected chi connectivity index (χ2v) is 7.07. The number of allylic oxidation sites excluding steroid dienone is 2. The lowest BCUT2D eigenvalue weighted by Crippen LogP contribution is -2.23. The molecule has 1 aliphatic heterocycles. The van der Waals surface area contributed by atoms with E-state index in [4.69, 9.17) is 10.5 Å². The van der Waals surface area contributed by atoms with Gasteiger partial charge in [0.15, 0.2) is 5.76 Å². The van der Waals surface area contributed by atoms with Gasteiger partial charge in [0.1, 0.15) is 0 Å². The van der Waals surface area contributed by atoms with Gasteiger partial charge >= 0.3 is 5.97 Å². The van der Waals surface area contributed by atoms with Crippen LogP contribution in [0.1, 0.15) is 57.9 Å². The number of ether oxygens (including phenoxy) is 1. The zero-order chi connectivity index (χ0) is 18.1. The maximum atomic E-state index is 12.6. The highest BCUT2D eigenvalue weighted by Gasteiger charge is 2.31. The third-order valence-electron chi connectivity index (χ3n) is 5.38. The van der Waals surface area contributed by atoms with Crippen molar-refractivity contribution in [3.63, 3.8) is 0 Å². The molecule has 4 heteroatoms. The Labute approximate surface area is 152 Å². The van der Waals surface area contributed by atoms with E-state index in [1.54, 1.807) is 24.3 Å². The van der Waals surface area contributed by atoms with Crippen molar-refractivity contribution in [3.8, 4) is 0 Å². The van der Waals surface area contributed by atoms with Crippen LogP contribution in [0, 0.1) is 5.92 Å². The second-order valence-electron chi connectivity index (χ2n) is 7.07. The number of rotatable bonds is 2. The van der Waals surface area contributed by atoms with Gasteiger partial charge in [-0.3, -0.25) is 4.79 Å². The first kappa shape index (κ1) is 16.6. The van der Waals surface area contributed by atoms with Gasteiger partial charge in [-0.1, -0.05) is 30.3 Å². The first-order chi connectivity index (χ1) is 12.6. The standard InChI is InChI=1S/C22H21NO3/c23-17-11-9-16(10-12-17)15-7-5-14(6-8-15)13-20-21(24)18-3-1-2-4-19(18)22(25)26-20/h1-4,9-15H,5-8,23H2/b20-13-. The number of cyclic esters (lactones) is 1. The maximum Gasteiger partial charge on any atom is 0.344 e. The molecule has 2 aliphatic rings. The molecule has 26 heavy (non-hydrogen) atoms. The molecular weight excluding hydrogens is 326 g/mol. The van der Waals surface area contributed by atoms with E-state index >= 15 is 0 Å². The fourth-order valence-corrected chi connectivity index (χ4v) is 3.90. The van der Waals surface area contributed by atoms with Crippen LogP contribution in [0.5, 0.6) is 0 Å². The van der Waals surface area contributed by atoms with Crippen LogP contribution in [-0.4, -0.2) is 11.8 Å². The molecule has 4 nitrogen and oxygen atoms in total. The van der Waals surface area contributed by atoms with Gasteiger partial charge in [-0.15, -0.1) is 0 Å². The first-order valence-electron chi connectivity index (χ1n) is 9.05. The lowest BCUT2D eigenvalue weighted by Gasteiger charge is -2.28. The third-order valence-corrected chi connectivity index (χ3v) is 5.38. The van der Waals surface area contributed by atoms with Crippen molar-refractivity contribution in [2.75, 3.05) is 5.73 Å². The number of benzene rings is 2. The molecule has 0 atom stereocenters. The molecule has 1 fully saturated rings. The molecule has 1 saturated carbocycles. The number of esters is 1. The van der Waals surface area contributed by atoms with Crippen molar-refractivity contribution in [3.05, 3.63) is 77.1 Å². The summed E-state index contributed by atoms with van der Waals surface area (Å²) in [4.78, 5) is 24.7. The molecule has 4 rings (SSSR count). The number of nitrogen functional groups attached to an aromatic ring is 1. The highest BCUT2D eigenvalue weighted by molar-refractivity contribution is 6.17. The molecule has 132 valence electrons. The SMILES string of the molecule is Nc1ccc(C2CCC(/C=C3\OC(=O)c4ccccc4C3=O)CC2)cc1. The number of carbonyl (C=O) groups excluding carboxylic acids is 2.